The van der Waals surface area contributed by atoms with Crippen LogP contribution in [0.5, 0.6) is 5.75 Å². The van der Waals surface area contributed by atoms with Crippen LogP contribution in [0.3, 0.4) is 0 Å². The van der Waals surface area contributed by atoms with Crippen molar-refractivity contribution in [1.82, 2.24) is 14.7 Å². The Labute approximate surface area is 128 Å². The molecule has 0 amide bonds. The molecule has 0 bridgehead atoms. The number of hydrogen-bond donors (Lipinski definition) is 1. The molecule has 1 aromatic rings. The second-order valence-corrected chi connectivity index (χ2v) is 7.22. The van der Waals surface area contributed by atoms with Gasteiger partial charge in [-0.3, -0.25) is 9.80 Å². The molecular formula is C17H27N3O. The first-order chi connectivity index (χ1) is 9.95. The number of fused-ring (bicyclic) bond motifs is 1. The van der Waals surface area contributed by atoms with E-state index in [0.717, 1.165) is 44.8 Å². The van der Waals surface area contributed by atoms with Crippen LogP contribution in [0, 0.1) is 0 Å². The molecule has 0 unspecified atom stereocenters. The van der Waals surface area contributed by atoms with E-state index >= 15 is 0 Å². The van der Waals surface area contributed by atoms with Gasteiger partial charge in [-0.15, -0.1) is 0 Å². The fourth-order valence-electron chi connectivity index (χ4n) is 4.08. The fraction of sp³-hybridized carbons (Fsp3) is 0.647. The summed E-state index contributed by atoms with van der Waals surface area (Å²) in [6.07, 6.45) is 0. The number of para-hydroxylation sites is 1. The maximum atomic E-state index is 9.95. The van der Waals surface area contributed by atoms with Gasteiger partial charge in [-0.1, -0.05) is 18.2 Å². The van der Waals surface area contributed by atoms with Crippen molar-refractivity contribution in [1.29, 1.82) is 0 Å². The van der Waals surface area contributed by atoms with Crippen LogP contribution in [0.1, 0.15) is 19.4 Å². The van der Waals surface area contributed by atoms with Crippen LogP contribution < -0.4 is 0 Å². The quantitative estimate of drug-likeness (QED) is 0.896. The summed E-state index contributed by atoms with van der Waals surface area (Å²) >= 11 is 0. The van der Waals surface area contributed by atoms with Gasteiger partial charge in [0.1, 0.15) is 5.75 Å². The number of phenolic OH excluding ortho intramolecular Hbond substituents is 1. The van der Waals surface area contributed by atoms with E-state index in [1.165, 1.54) is 0 Å². The van der Waals surface area contributed by atoms with E-state index in [2.05, 4.69) is 35.6 Å². The van der Waals surface area contributed by atoms with Crippen molar-refractivity contribution in [3.63, 3.8) is 0 Å². The van der Waals surface area contributed by atoms with E-state index in [1.54, 1.807) is 6.07 Å². The van der Waals surface area contributed by atoms with E-state index in [4.69, 9.17) is 0 Å². The third-order valence-corrected chi connectivity index (χ3v) is 4.91. The first-order valence-electron chi connectivity index (χ1n) is 7.90. The third-order valence-electron chi connectivity index (χ3n) is 4.91. The van der Waals surface area contributed by atoms with Gasteiger partial charge in [0.25, 0.3) is 0 Å². The van der Waals surface area contributed by atoms with Crippen LogP contribution in [0.2, 0.25) is 0 Å². The molecule has 3 rings (SSSR count). The molecule has 0 spiro atoms. The molecule has 2 aliphatic heterocycles. The highest BCUT2D eigenvalue weighted by molar-refractivity contribution is 5.31. The van der Waals surface area contributed by atoms with E-state index in [9.17, 15) is 5.11 Å². The molecule has 2 saturated heterocycles. The van der Waals surface area contributed by atoms with Gasteiger partial charge in [0, 0.05) is 56.4 Å². The molecule has 4 nitrogen and oxygen atoms in total. The lowest BCUT2D eigenvalue weighted by atomic mass is 9.93. The van der Waals surface area contributed by atoms with Crippen LogP contribution in [0.15, 0.2) is 24.3 Å². The molecule has 2 heterocycles. The van der Waals surface area contributed by atoms with Gasteiger partial charge in [-0.2, -0.15) is 0 Å². The number of hydrogen-bond acceptors (Lipinski definition) is 4. The predicted molar refractivity (Wildman–Crippen MR) is 85.5 cm³/mol. The smallest absolute Gasteiger partial charge is 0.120 e. The predicted octanol–water partition coefficient (Wildman–Crippen LogP) is 1.60. The van der Waals surface area contributed by atoms with Crippen molar-refractivity contribution < 1.29 is 5.11 Å². The average molecular weight is 289 g/mol. The molecule has 2 fully saturated rings. The summed E-state index contributed by atoms with van der Waals surface area (Å²) < 4.78 is 0. The van der Waals surface area contributed by atoms with E-state index in [1.807, 2.05) is 18.2 Å². The monoisotopic (exact) mass is 289 g/mol. The van der Waals surface area contributed by atoms with Crippen molar-refractivity contribution in [3.05, 3.63) is 29.8 Å². The fourth-order valence-corrected chi connectivity index (χ4v) is 4.08. The lowest BCUT2D eigenvalue weighted by Crippen LogP contribution is -2.68. The van der Waals surface area contributed by atoms with Crippen molar-refractivity contribution in [2.45, 2.75) is 32.0 Å². The SMILES string of the molecule is CN1C[C@@H]2CN(Cc3ccccc3O)CCN2C(C)(C)C1. The Kier molecular flexibility index (Phi) is 3.95. The Morgan fingerprint density at radius 2 is 1.95 bits per heavy atom. The lowest BCUT2D eigenvalue weighted by Gasteiger charge is -2.55. The molecule has 1 atom stereocenters. The van der Waals surface area contributed by atoms with Gasteiger partial charge in [0.2, 0.25) is 0 Å². The minimum absolute atomic E-state index is 0.263. The standard InChI is InChI=1S/C17H27N3O/c1-17(2)13-18(3)11-15-12-19(8-9-20(15)17)10-14-6-4-5-7-16(14)21/h4-7,15,21H,8-13H2,1-3H3/t15-/m1/s1. The first kappa shape index (κ1) is 14.8. The largest absolute Gasteiger partial charge is 0.508 e. The van der Waals surface area contributed by atoms with Crippen LogP contribution in [-0.2, 0) is 6.54 Å². The van der Waals surface area contributed by atoms with Crippen molar-refractivity contribution in [2.75, 3.05) is 39.8 Å². The van der Waals surface area contributed by atoms with Crippen molar-refractivity contribution in [2.24, 2.45) is 0 Å². The summed E-state index contributed by atoms with van der Waals surface area (Å²) in [5.74, 6) is 0.418. The summed E-state index contributed by atoms with van der Waals surface area (Å²) in [6, 6.07) is 8.29. The minimum atomic E-state index is 0.263. The second kappa shape index (κ2) is 5.59. The number of aromatic hydroxyl groups is 1. The zero-order chi connectivity index (χ0) is 15.0. The van der Waals surface area contributed by atoms with Gasteiger partial charge < -0.3 is 10.0 Å². The molecule has 116 valence electrons. The highest BCUT2D eigenvalue weighted by atomic mass is 16.3. The Balaban J connectivity index is 1.68. The molecule has 1 aromatic carbocycles. The number of benzene rings is 1. The minimum Gasteiger partial charge on any atom is -0.508 e. The van der Waals surface area contributed by atoms with Crippen LogP contribution in [0.25, 0.3) is 0 Å². The van der Waals surface area contributed by atoms with Gasteiger partial charge in [0.15, 0.2) is 0 Å². The Morgan fingerprint density at radius 3 is 2.71 bits per heavy atom. The summed E-state index contributed by atoms with van der Waals surface area (Å²) in [6.45, 7) is 11.1. The van der Waals surface area contributed by atoms with Crippen molar-refractivity contribution in [3.8, 4) is 5.75 Å². The zero-order valence-corrected chi connectivity index (χ0v) is 13.4. The highest BCUT2D eigenvalue weighted by Gasteiger charge is 2.41. The molecule has 0 radical (unpaired) electrons. The van der Waals surface area contributed by atoms with Crippen molar-refractivity contribution >= 4 is 0 Å². The summed E-state index contributed by atoms with van der Waals surface area (Å²) in [4.78, 5) is 7.60. The molecule has 0 aromatic heterocycles. The number of likely N-dealkylation sites (N-methyl/N-ethyl adjacent to an activating group) is 1. The molecule has 4 heteroatoms. The molecule has 0 saturated carbocycles. The van der Waals surface area contributed by atoms with Gasteiger partial charge in [-0.05, 0) is 27.0 Å². The number of piperazine rings is 2. The molecule has 2 aliphatic rings. The summed E-state index contributed by atoms with van der Waals surface area (Å²) in [5.41, 5.74) is 1.30. The number of rotatable bonds is 2. The summed E-state index contributed by atoms with van der Waals surface area (Å²) in [7, 11) is 2.22. The van der Waals surface area contributed by atoms with Gasteiger partial charge in [-0.25, -0.2) is 0 Å². The topological polar surface area (TPSA) is 30.0 Å². The zero-order valence-electron chi connectivity index (χ0n) is 13.4. The van der Waals surface area contributed by atoms with E-state index in [0.29, 0.717) is 11.8 Å². The highest BCUT2D eigenvalue weighted by Crippen LogP contribution is 2.28. The van der Waals surface area contributed by atoms with Crippen LogP contribution in [-0.4, -0.2) is 71.2 Å². The Morgan fingerprint density at radius 1 is 1.19 bits per heavy atom. The lowest BCUT2D eigenvalue weighted by molar-refractivity contribution is -0.0593. The molecule has 1 N–H and O–H groups in total. The van der Waals surface area contributed by atoms with Gasteiger partial charge >= 0.3 is 0 Å². The first-order valence-corrected chi connectivity index (χ1v) is 7.90. The van der Waals surface area contributed by atoms with Gasteiger partial charge in [0.05, 0.1) is 0 Å². The molecular weight excluding hydrogens is 262 g/mol. The average Bonchev–Trinajstić information content (AvgIpc) is 2.40. The summed E-state index contributed by atoms with van der Waals surface area (Å²) in [5, 5.41) is 9.95. The second-order valence-electron chi connectivity index (χ2n) is 7.22. The van der Waals surface area contributed by atoms with E-state index < -0.39 is 0 Å². The number of phenols is 1. The van der Waals surface area contributed by atoms with E-state index in [-0.39, 0.29) is 5.54 Å². The maximum Gasteiger partial charge on any atom is 0.120 e. The normalized spacial score (nSPS) is 27.5. The maximum absolute atomic E-state index is 9.95. The van der Waals surface area contributed by atoms with Crippen LogP contribution >= 0.6 is 0 Å². The Bertz CT molecular complexity index is 503. The molecule has 21 heavy (non-hydrogen) atoms. The Hall–Kier alpha value is -1.10. The number of nitrogens with zero attached hydrogens (tertiary/aromatic N) is 3. The third kappa shape index (κ3) is 3.07. The van der Waals surface area contributed by atoms with Crippen LogP contribution in [0.4, 0.5) is 0 Å². The molecule has 0 aliphatic carbocycles.